The van der Waals surface area contributed by atoms with Crippen molar-refractivity contribution in [1.82, 2.24) is 4.98 Å². The number of hydrogen-bond donors (Lipinski definition) is 0. The lowest BCUT2D eigenvalue weighted by Gasteiger charge is -2.46. The first-order chi connectivity index (χ1) is 35.0. The predicted molar refractivity (Wildman–Crippen MR) is 220 cm³/mol. The van der Waals surface area contributed by atoms with Gasteiger partial charge in [-0.3, -0.25) is 9.59 Å². The Balaban J connectivity index is 0.000000455. The monoisotopic (exact) mass is 1130 g/mol. The number of nitrogens with zero attached hydrogens (tertiary/aromatic N) is 3. The molecule has 0 amide bonds. The average molecular weight is 1130 g/mol. The molecule has 410 valence electrons. The van der Waals surface area contributed by atoms with E-state index in [1.54, 1.807) is 41.1 Å². The minimum Gasteiger partial charge on any atom is -0.291 e. The second-order valence-corrected chi connectivity index (χ2v) is 16.4. The SMILES string of the molecule is FC(F)(F)c1cc([B-](c2cc(C(F)(F)F)cc(C(F)(F)F)c2)(c2cc(C(F)(F)F)cc(C(F)(F)F)c2)c2cc(C(F)(F)F)cc(C(F)(F)F)c2)cc(C(F)(F)F)c1.N#CCC(=O)c1c[n+](CC(=O)c2ccccc2)ccn1. The predicted octanol–water partition coefficient (Wildman–Crippen LogP) is 12.6. The normalized spacial score (nSPS) is 13.1. The Hall–Kier alpha value is -7.61. The molecule has 0 bridgehead atoms. The lowest BCUT2D eigenvalue weighted by Crippen LogP contribution is -2.75. The van der Waals surface area contributed by atoms with Gasteiger partial charge in [-0.1, -0.05) is 78.9 Å². The van der Waals surface area contributed by atoms with E-state index < -0.39 is 195 Å². The summed E-state index contributed by atoms with van der Waals surface area (Å²) in [6.45, 7) is 0.124. The van der Waals surface area contributed by atoms with Gasteiger partial charge >= 0.3 is 49.4 Å². The molecule has 0 saturated heterocycles. The summed E-state index contributed by atoms with van der Waals surface area (Å²) in [6, 6.07) is 1.90. The molecule has 5 nitrogen and oxygen atoms in total. The lowest BCUT2D eigenvalue weighted by atomic mass is 9.12. The van der Waals surface area contributed by atoms with E-state index >= 15 is 0 Å². The van der Waals surface area contributed by atoms with Crippen molar-refractivity contribution in [2.24, 2.45) is 0 Å². The van der Waals surface area contributed by atoms with Crippen LogP contribution in [0, 0.1) is 11.3 Å². The fraction of sp³-hybridized carbons (Fsp3) is 0.213. The summed E-state index contributed by atoms with van der Waals surface area (Å²) in [5, 5.41) is 8.50. The second-order valence-electron chi connectivity index (χ2n) is 16.4. The number of rotatable bonds is 9. The van der Waals surface area contributed by atoms with E-state index in [1.807, 2.05) is 6.07 Å². The minimum absolute atomic E-state index is 0.0551. The van der Waals surface area contributed by atoms with Crippen molar-refractivity contribution >= 4 is 39.6 Å². The minimum atomic E-state index is -6.13. The first-order valence-corrected chi connectivity index (χ1v) is 20.7. The summed E-state index contributed by atoms with van der Waals surface area (Å²) < 4.78 is 342. The molecule has 5 aromatic carbocycles. The molecule has 1 heterocycles. The van der Waals surface area contributed by atoms with Crippen LogP contribution in [0.3, 0.4) is 0 Å². The van der Waals surface area contributed by atoms with Gasteiger partial charge in [-0.2, -0.15) is 137 Å². The van der Waals surface area contributed by atoms with Crippen molar-refractivity contribution in [3.8, 4) is 6.07 Å². The molecule has 77 heavy (non-hydrogen) atoms. The molecule has 0 unspecified atom stereocenters. The highest BCUT2D eigenvalue weighted by atomic mass is 19.4. The summed E-state index contributed by atoms with van der Waals surface area (Å²) in [5.41, 5.74) is -29.4. The molecule has 0 saturated carbocycles. The first-order valence-electron chi connectivity index (χ1n) is 20.7. The van der Waals surface area contributed by atoms with Crippen molar-refractivity contribution in [2.45, 2.75) is 62.4 Å². The Morgan fingerprint density at radius 3 is 0.948 bits per heavy atom. The van der Waals surface area contributed by atoms with Gasteiger partial charge in [0.1, 0.15) is 12.6 Å². The maximum absolute atomic E-state index is 14.2. The second kappa shape index (κ2) is 21.1. The van der Waals surface area contributed by atoms with Crippen molar-refractivity contribution in [1.29, 1.82) is 5.26 Å². The number of aromatic nitrogens is 2. The number of alkyl halides is 24. The Kier molecular flexibility index (Phi) is 16.5. The third-order valence-corrected chi connectivity index (χ3v) is 11.1. The molecule has 0 radical (unpaired) electrons. The largest absolute Gasteiger partial charge is 0.416 e. The molecule has 0 atom stereocenters. The standard InChI is InChI=1S/C32H12BF24.C15H12N3O2/c34-25(35,36)13-1-14(26(37,38)39)6-21(5-13)33(22-7-15(27(40,41)42)2-16(8-22)28(43,44)45,23-9-17(29(46,47)48)3-18(10-23)30(49,50)51)24-11-19(31(52,53)54)4-20(12-24)32(55,56)57;16-7-6-14(19)13-10-18(9-8-17-13)11-15(20)12-4-2-1-3-5-12/h1-12H;1-5,8-10H,6,11H2/q-1;+1. The van der Waals surface area contributed by atoms with Crippen LogP contribution in [0.2, 0.25) is 0 Å². The third-order valence-electron chi connectivity index (χ3n) is 11.1. The molecule has 0 aliphatic heterocycles. The fourth-order valence-corrected chi connectivity index (χ4v) is 7.79. The smallest absolute Gasteiger partial charge is 0.291 e. The lowest BCUT2D eigenvalue weighted by molar-refractivity contribution is -0.683. The van der Waals surface area contributed by atoms with Crippen LogP contribution in [0.4, 0.5) is 105 Å². The van der Waals surface area contributed by atoms with E-state index in [2.05, 4.69) is 4.98 Å². The van der Waals surface area contributed by atoms with Gasteiger partial charge in [-0.15, -0.1) is 0 Å². The summed E-state index contributed by atoms with van der Waals surface area (Å²) in [6.07, 6.45) is -50.5. The van der Waals surface area contributed by atoms with Gasteiger partial charge in [-0.25, -0.2) is 4.98 Å². The van der Waals surface area contributed by atoms with Crippen LogP contribution < -0.4 is 26.4 Å². The summed E-state index contributed by atoms with van der Waals surface area (Å²) >= 11 is 0. The van der Waals surface area contributed by atoms with Crippen molar-refractivity contribution in [2.75, 3.05) is 0 Å². The van der Waals surface area contributed by atoms with Gasteiger partial charge < -0.3 is 0 Å². The van der Waals surface area contributed by atoms with Crippen molar-refractivity contribution in [3.05, 3.63) is 177 Å². The number of nitriles is 1. The van der Waals surface area contributed by atoms with Gasteiger partial charge in [0.2, 0.25) is 18.1 Å². The highest BCUT2D eigenvalue weighted by molar-refractivity contribution is 7.20. The fourth-order valence-electron chi connectivity index (χ4n) is 7.79. The van der Waals surface area contributed by atoms with Crippen molar-refractivity contribution in [3.63, 3.8) is 0 Å². The molecule has 6 rings (SSSR count). The van der Waals surface area contributed by atoms with E-state index in [0.29, 0.717) is 5.56 Å². The Morgan fingerprint density at radius 1 is 0.429 bits per heavy atom. The number of hydrogen-bond acceptors (Lipinski definition) is 4. The van der Waals surface area contributed by atoms with Crippen LogP contribution in [0.15, 0.2) is 122 Å². The maximum Gasteiger partial charge on any atom is 0.416 e. The zero-order valence-corrected chi connectivity index (χ0v) is 37.3. The first kappa shape index (κ1) is 60.3. The molecule has 0 fully saturated rings. The van der Waals surface area contributed by atoms with Gasteiger partial charge in [-0.05, 0) is 24.3 Å². The van der Waals surface area contributed by atoms with Crippen LogP contribution in [-0.4, -0.2) is 22.7 Å². The Labute approximate surface area is 414 Å². The number of Topliss-reactive ketones (excluding diaryl/α,β-unsaturated/α-hetero) is 2. The summed E-state index contributed by atoms with van der Waals surface area (Å²) in [4.78, 5) is 27.5. The van der Waals surface area contributed by atoms with Crippen LogP contribution in [0.5, 0.6) is 0 Å². The quantitative estimate of drug-likeness (QED) is 0.0626. The van der Waals surface area contributed by atoms with E-state index in [1.165, 1.54) is 12.4 Å². The average Bonchev–Trinajstić information content (AvgIpc) is 3.30. The Morgan fingerprint density at radius 2 is 0.701 bits per heavy atom. The van der Waals surface area contributed by atoms with Crippen molar-refractivity contribution < 1.29 is 120 Å². The molecule has 0 N–H and O–H groups in total. The number of ketones is 2. The van der Waals surface area contributed by atoms with E-state index in [4.69, 9.17) is 5.26 Å². The van der Waals surface area contributed by atoms with Crippen LogP contribution in [-0.2, 0) is 56.0 Å². The van der Waals surface area contributed by atoms with Gasteiger partial charge in [0.15, 0.2) is 18.1 Å². The molecular formula is C47H24BF24N3O2. The molecule has 30 heteroatoms. The highest BCUT2D eigenvalue weighted by Gasteiger charge is 2.47. The van der Waals surface area contributed by atoms with Crippen LogP contribution in [0.25, 0.3) is 0 Å². The molecule has 0 aliphatic rings. The highest BCUT2D eigenvalue weighted by Crippen LogP contribution is 2.41. The summed E-state index contributed by atoms with van der Waals surface area (Å²) in [5.74, 6) is -0.408. The van der Waals surface area contributed by atoms with E-state index in [-0.39, 0.29) is 30.2 Å². The molecule has 6 aromatic rings. The zero-order valence-electron chi connectivity index (χ0n) is 37.3. The van der Waals surface area contributed by atoms with E-state index in [9.17, 15) is 115 Å². The number of carbonyl (C=O) groups excluding carboxylic acids is 2. The molecule has 0 aliphatic carbocycles. The molecule has 1 aromatic heterocycles. The van der Waals surface area contributed by atoms with Gasteiger partial charge in [0, 0.05) is 5.56 Å². The third kappa shape index (κ3) is 14.3. The number of carbonyl (C=O) groups is 2. The van der Waals surface area contributed by atoms with Crippen LogP contribution in [0.1, 0.15) is 71.8 Å². The van der Waals surface area contributed by atoms with E-state index in [0.717, 1.165) is 0 Å². The maximum atomic E-state index is 14.2. The van der Waals surface area contributed by atoms with Crippen LogP contribution >= 0.6 is 0 Å². The zero-order chi connectivity index (χ0) is 58.3. The molecular weight excluding hydrogens is 1110 g/mol. The Bertz CT molecular complexity index is 2760. The molecule has 0 spiro atoms. The topological polar surface area (TPSA) is 74.7 Å². The number of halogens is 24. The number of benzene rings is 5. The van der Waals surface area contributed by atoms with Gasteiger partial charge in [0.05, 0.1) is 56.8 Å². The summed E-state index contributed by atoms with van der Waals surface area (Å²) in [7, 11) is 0. The van der Waals surface area contributed by atoms with Gasteiger partial charge in [0.25, 0.3) is 0 Å².